The molecule has 0 bridgehead atoms. The van der Waals surface area contributed by atoms with E-state index >= 15 is 0 Å². The van der Waals surface area contributed by atoms with Gasteiger partial charge in [0, 0.05) is 42.3 Å². The number of aryl methyl sites for hydroxylation is 2. The van der Waals surface area contributed by atoms with Crippen molar-refractivity contribution in [1.29, 1.82) is 0 Å². The lowest BCUT2D eigenvalue weighted by Gasteiger charge is -2.13. The van der Waals surface area contributed by atoms with E-state index < -0.39 is 0 Å². The van der Waals surface area contributed by atoms with Crippen LogP contribution in [0.1, 0.15) is 30.6 Å². The number of carbonyl (C=O) groups excluding carboxylic acids is 1. The van der Waals surface area contributed by atoms with Crippen LogP contribution in [0.3, 0.4) is 0 Å². The highest BCUT2D eigenvalue weighted by atomic mass is 16.7. The van der Waals surface area contributed by atoms with Crippen molar-refractivity contribution >= 4 is 5.91 Å². The molecule has 29 heavy (non-hydrogen) atoms. The maximum atomic E-state index is 12.2. The molecular weight excluding hydrogens is 372 g/mol. The summed E-state index contributed by atoms with van der Waals surface area (Å²) >= 11 is 0. The number of hydrogen-bond donors (Lipinski definition) is 1. The molecule has 0 saturated carbocycles. The number of rotatable bonds is 7. The van der Waals surface area contributed by atoms with Gasteiger partial charge in [-0.15, -0.1) is 10.2 Å². The van der Waals surface area contributed by atoms with E-state index in [1.807, 2.05) is 38.1 Å². The molecule has 1 aliphatic heterocycles. The molecule has 1 aromatic carbocycles. The Morgan fingerprint density at radius 3 is 2.90 bits per heavy atom. The number of pyridine rings is 1. The molecule has 150 valence electrons. The minimum Gasteiger partial charge on any atom is -0.454 e. The molecule has 0 unspecified atom stereocenters. The first kappa shape index (κ1) is 18.9. The third-order valence-electron chi connectivity index (χ3n) is 4.52. The monoisotopic (exact) mass is 394 g/mol. The fourth-order valence-corrected chi connectivity index (χ4v) is 3.15. The number of fused-ring (bicyclic) bond motifs is 1. The summed E-state index contributed by atoms with van der Waals surface area (Å²) in [6.07, 6.45) is 1.33. The Morgan fingerprint density at radius 2 is 2.03 bits per heavy atom. The van der Waals surface area contributed by atoms with Gasteiger partial charge in [-0.2, -0.15) is 0 Å². The van der Waals surface area contributed by atoms with E-state index in [2.05, 4.69) is 20.5 Å². The van der Waals surface area contributed by atoms with Crippen LogP contribution in [0.2, 0.25) is 0 Å². The van der Waals surface area contributed by atoms with Crippen molar-refractivity contribution in [3.63, 3.8) is 0 Å². The zero-order valence-corrected chi connectivity index (χ0v) is 16.3. The van der Waals surface area contributed by atoms with Crippen LogP contribution in [-0.2, 0) is 17.6 Å². The third-order valence-corrected chi connectivity index (χ3v) is 4.52. The van der Waals surface area contributed by atoms with Gasteiger partial charge in [-0.25, -0.2) is 0 Å². The molecule has 0 saturated heterocycles. The summed E-state index contributed by atoms with van der Waals surface area (Å²) in [5, 5.41) is 11.1. The summed E-state index contributed by atoms with van der Waals surface area (Å²) in [6.45, 7) is 4.13. The van der Waals surface area contributed by atoms with Gasteiger partial charge in [0.05, 0.1) is 0 Å². The van der Waals surface area contributed by atoms with Gasteiger partial charge in [-0.05, 0) is 44.2 Å². The van der Waals surface area contributed by atoms with E-state index in [4.69, 9.17) is 13.9 Å². The average molecular weight is 394 g/mol. The van der Waals surface area contributed by atoms with Gasteiger partial charge in [0.15, 0.2) is 11.5 Å². The Hall–Kier alpha value is -3.42. The number of nitrogens with one attached hydrogen (secondary N) is 1. The lowest BCUT2D eigenvalue weighted by molar-refractivity contribution is -0.121. The predicted octanol–water partition coefficient (Wildman–Crippen LogP) is 2.85. The van der Waals surface area contributed by atoms with Crippen LogP contribution < -0.4 is 14.8 Å². The van der Waals surface area contributed by atoms with Crippen molar-refractivity contribution in [2.45, 2.75) is 39.2 Å². The summed E-state index contributed by atoms with van der Waals surface area (Å²) in [5.74, 6) is 2.09. The quantitative estimate of drug-likeness (QED) is 0.658. The molecule has 0 aliphatic carbocycles. The topological polar surface area (TPSA) is 99.4 Å². The highest BCUT2D eigenvalue weighted by molar-refractivity contribution is 5.76. The summed E-state index contributed by atoms with van der Waals surface area (Å²) in [4.78, 5) is 16.7. The number of ether oxygens (including phenoxy) is 2. The Labute approximate surface area is 168 Å². The Morgan fingerprint density at radius 1 is 1.17 bits per heavy atom. The van der Waals surface area contributed by atoms with Crippen molar-refractivity contribution in [2.75, 3.05) is 6.79 Å². The standard InChI is InChI=1S/C21H22N4O4/c1-13-4-3-5-16(22-13)10-14(2)23-19(26)8-9-20-24-25-21(29-20)15-6-7-17-18(11-15)28-12-27-17/h3-7,11,14H,8-10,12H2,1-2H3,(H,23,26)/t14-/m0/s1. The minimum absolute atomic E-state index is 0.0105. The van der Waals surface area contributed by atoms with E-state index in [-0.39, 0.29) is 25.2 Å². The first-order valence-corrected chi connectivity index (χ1v) is 9.51. The van der Waals surface area contributed by atoms with Gasteiger partial charge in [-0.1, -0.05) is 6.07 Å². The first-order valence-electron chi connectivity index (χ1n) is 9.51. The molecule has 8 nitrogen and oxygen atoms in total. The van der Waals surface area contributed by atoms with E-state index in [0.29, 0.717) is 36.1 Å². The first-order chi connectivity index (χ1) is 14.1. The zero-order chi connectivity index (χ0) is 20.2. The highest BCUT2D eigenvalue weighted by Gasteiger charge is 2.17. The molecule has 0 radical (unpaired) electrons. The van der Waals surface area contributed by atoms with E-state index in [9.17, 15) is 4.79 Å². The molecule has 2 aromatic heterocycles. The fourth-order valence-electron chi connectivity index (χ4n) is 3.15. The molecule has 3 aromatic rings. The number of benzene rings is 1. The number of hydrogen-bond acceptors (Lipinski definition) is 7. The summed E-state index contributed by atoms with van der Waals surface area (Å²) in [7, 11) is 0. The van der Waals surface area contributed by atoms with Crippen LogP contribution in [0.5, 0.6) is 11.5 Å². The number of carbonyl (C=O) groups is 1. The molecule has 0 spiro atoms. The van der Waals surface area contributed by atoms with Crippen LogP contribution in [0.25, 0.3) is 11.5 Å². The number of nitrogens with zero attached hydrogens (tertiary/aromatic N) is 3. The van der Waals surface area contributed by atoms with E-state index in [0.717, 1.165) is 17.0 Å². The van der Waals surface area contributed by atoms with Crippen LogP contribution in [0.15, 0.2) is 40.8 Å². The molecule has 1 atom stereocenters. The van der Waals surface area contributed by atoms with Crippen molar-refractivity contribution in [2.24, 2.45) is 0 Å². The largest absolute Gasteiger partial charge is 0.454 e. The fraction of sp³-hybridized carbons (Fsp3) is 0.333. The van der Waals surface area contributed by atoms with Gasteiger partial charge in [-0.3, -0.25) is 9.78 Å². The SMILES string of the molecule is Cc1cccc(C[C@H](C)NC(=O)CCc2nnc(-c3ccc4c(c3)OCO4)o2)n1. The van der Waals surface area contributed by atoms with Gasteiger partial charge in [0.2, 0.25) is 24.5 Å². The van der Waals surface area contributed by atoms with Crippen LogP contribution in [-0.4, -0.2) is 33.9 Å². The van der Waals surface area contributed by atoms with Gasteiger partial charge >= 0.3 is 0 Å². The molecular formula is C21H22N4O4. The Balaban J connectivity index is 1.28. The van der Waals surface area contributed by atoms with Gasteiger partial charge < -0.3 is 19.2 Å². The molecule has 8 heteroatoms. The normalized spacial score (nSPS) is 13.3. The second-order valence-corrected chi connectivity index (χ2v) is 7.01. The van der Waals surface area contributed by atoms with Crippen molar-refractivity contribution in [3.8, 4) is 23.0 Å². The molecule has 0 fully saturated rings. The lowest BCUT2D eigenvalue weighted by atomic mass is 10.1. The number of aromatic nitrogens is 3. The van der Waals surface area contributed by atoms with Crippen molar-refractivity contribution < 1.29 is 18.7 Å². The van der Waals surface area contributed by atoms with Crippen molar-refractivity contribution in [3.05, 3.63) is 53.7 Å². The molecule has 1 amide bonds. The average Bonchev–Trinajstić information content (AvgIpc) is 3.35. The third kappa shape index (κ3) is 4.71. The molecule has 4 rings (SSSR count). The second-order valence-electron chi connectivity index (χ2n) is 7.01. The molecule has 1 N–H and O–H groups in total. The number of amides is 1. The second kappa shape index (κ2) is 8.30. The highest BCUT2D eigenvalue weighted by Crippen LogP contribution is 2.35. The summed E-state index contributed by atoms with van der Waals surface area (Å²) in [6, 6.07) is 11.3. The van der Waals surface area contributed by atoms with Crippen LogP contribution in [0, 0.1) is 6.92 Å². The predicted molar refractivity (Wildman–Crippen MR) is 104 cm³/mol. The summed E-state index contributed by atoms with van der Waals surface area (Å²) < 4.78 is 16.3. The van der Waals surface area contributed by atoms with Crippen molar-refractivity contribution in [1.82, 2.24) is 20.5 Å². The van der Waals surface area contributed by atoms with E-state index in [1.165, 1.54) is 0 Å². The minimum atomic E-state index is -0.0621. The van der Waals surface area contributed by atoms with Crippen LogP contribution >= 0.6 is 0 Å². The van der Waals surface area contributed by atoms with Gasteiger partial charge in [0.25, 0.3) is 0 Å². The van der Waals surface area contributed by atoms with Gasteiger partial charge in [0.1, 0.15) is 0 Å². The smallest absolute Gasteiger partial charge is 0.247 e. The maximum absolute atomic E-state index is 12.2. The van der Waals surface area contributed by atoms with E-state index in [1.54, 1.807) is 12.1 Å². The maximum Gasteiger partial charge on any atom is 0.247 e. The summed E-state index contributed by atoms with van der Waals surface area (Å²) in [5.41, 5.74) is 2.68. The Bertz CT molecular complexity index is 1020. The molecule has 3 heterocycles. The lowest BCUT2D eigenvalue weighted by Crippen LogP contribution is -2.34. The molecule has 1 aliphatic rings. The zero-order valence-electron chi connectivity index (χ0n) is 16.3. The van der Waals surface area contributed by atoms with Crippen LogP contribution in [0.4, 0.5) is 0 Å². The Kier molecular flexibility index (Phi) is 5.41.